The third-order valence-corrected chi connectivity index (χ3v) is 5.79. The molecule has 1 fully saturated rings. The van der Waals surface area contributed by atoms with Gasteiger partial charge in [-0.05, 0) is 57.0 Å². The molecule has 0 bridgehead atoms. The van der Waals surface area contributed by atoms with E-state index in [0.29, 0.717) is 34.3 Å². The predicted octanol–water partition coefficient (Wildman–Crippen LogP) is 5.19. The third kappa shape index (κ3) is 4.44. The van der Waals surface area contributed by atoms with Crippen molar-refractivity contribution in [3.63, 3.8) is 0 Å². The summed E-state index contributed by atoms with van der Waals surface area (Å²) in [6, 6.07) is 8.89. The Balaban J connectivity index is 1.67. The summed E-state index contributed by atoms with van der Waals surface area (Å²) in [5.74, 6) is -1.02. The maximum Gasteiger partial charge on any atom is 0.260 e. The van der Waals surface area contributed by atoms with E-state index < -0.39 is 11.6 Å². The van der Waals surface area contributed by atoms with Gasteiger partial charge in [0.15, 0.2) is 10.9 Å². The number of carbonyl (C=O) groups is 1. The smallest absolute Gasteiger partial charge is 0.260 e. The average Bonchev–Trinajstić information content (AvgIpc) is 3.35. The van der Waals surface area contributed by atoms with Crippen LogP contribution in [0.4, 0.5) is 13.9 Å². The number of ether oxygens (including phenoxy) is 2. The number of aromatic nitrogens is 1. The minimum absolute atomic E-state index is 0.0283. The minimum atomic E-state index is -0.743. The molecule has 0 saturated carbocycles. The van der Waals surface area contributed by atoms with Crippen molar-refractivity contribution in [1.82, 2.24) is 4.98 Å². The van der Waals surface area contributed by atoms with Crippen molar-refractivity contribution >= 4 is 32.6 Å². The number of hydrogen-bond acceptors (Lipinski definition) is 5. The molecule has 5 nitrogen and oxygen atoms in total. The SMILES string of the molecule is CC(C)Oc1ccc(C(=O)N(CC2CCCO2)c2nc3c(F)cc(F)cc3s2)cc1. The monoisotopic (exact) mass is 432 g/mol. The van der Waals surface area contributed by atoms with Gasteiger partial charge in [0.05, 0.1) is 23.5 Å². The van der Waals surface area contributed by atoms with Crippen molar-refractivity contribution in [2.45, 2.75) is 38.9 Å². The lowest BCUT2D eigenvalue weighted by Gasteiger charge is -2.23. The minimum Gasteiger partial charge on any atom is -0.491 e. The Morgan fingerprint density at radius 2 is 2.07 bits per heavy atom. The molecule has 1 saturated heterocycles. The number of benzene rings is 2. The highest BCUT2D eigenvalue weighted by Crippen LogP contribution is 2.33. The maximum absolute atomic E-state index is 14.2. The number of hydrogen-bond donors (Lipinski definition) is 0. The van der Waals surface area contributed by atoms with E-state index in [-0.39, 0.29) is 23.6 Å². The number of amides is 1. The van der Waals surface area contributed by atoms with Crippen molar-refractivity contribution in [3.8, 4) is 5.75 Å². The van der Waals surface area contributed by atoms with Crippen LogP contribution in [0.1, 0.15) is 37.0 Å². The lowest BCUT2D eigenvalue weighted by molar-refractivity contribution is 0.0917. The molecule has 0 N–H and O–H groups in total. The van der Waals surface area contributed by atoms with Gasteiger partial charge in [-0.2, -0.15) is 0 Å². The molecule has 158 valence electrons. The first-order valence-corrected chi connectivity index (χ1v) is 10.7. The van der Waals surface area contributed by atoms with Crippen LogP contribution < -0.4 is 9.64 Å². The second-order valence-electron chi connectivity index (χ2n) is 7.47. The standard InChI is InChI=1S/C22H22F2N2O3S/c1-13(2)29-16-7-5-14(6-8-16)21(27)26(12-17-4-3-9-28-17)22-25-20-18(24)10-15(23)11-19(20)30-22/h5-8,10-11,13,17H,3-4,9,12H2,1-2H3. The average molecular weight is 432 g/mol. The molecule has 0 aliphatic carbocycles. The van der Waals surface area contributed by atoms with Crippen LogP contribution in [0.5, 0.6) is 5.75 Å². The summed E-state index contributed by atoms with van der Waals surface area (Å²) in [4.78, 5) is 19.1. The molecule has 4 rings (SSSR count). The van der Waals surface area contributed by atoms with Gasteiger partial charge in [-0.1, -0.05) is 11.3 Å². The van der Waals surface area contributed by atoms with E-state index in [4.69, 9.17) is 9.47 Å². The Morgan fingerprint density at radius 1 is 1.30 bits per heavy atom. The van der Waals surface area contributed by atoms with E-state index in [1.54, 1.807) is 24.3 Å². The summed E-state index contributed by atoms with van der Waals surface area (Å²) < 4.78 is 39.5. The first kappa shape index (κ1) is 20.7. The Morgan fingerprint density at radius 3 is 2.73 bits per heavy atom. The summed E-state index contributed by atoms with van der Waals surface area (Å²) in [6.45, 7) is 4.80. The molecule has 2 aromatic carbocycles. The van der Waals surface area contributed by atoms with Gasteiger partial charge in [-0.25, -0.2) is 13.8 Å². The van der Waals surface area contributed by atoms with Gasteiger partial charge in [-0.15, -0.1) is 0 Å². The molecular formula is C22H22F2N2O3S. The van der Waals surface area contributed by atoms with Crippen molar-refractivity contribution in [1.29, 1.82) is 0 Å². The highest BCUT2D eigenvalue weighted by molar-refractivity contribution is 7.22. The summed E-state index contributed by atoms with van der Waals surface area (Å²) in [7, 11) is 0. The Labute approximate surface area is 177 Å². The molecule has 3 aromatic rings. The zero-order chi connectivity index (χ0) is 21.3. The van der Waals surface area contributed by atoms with Crippen LogP contribution in [0.25, 0.3) is 10.2 Å². The number of nitrogens with zero attached hydrogens (tertiary/aromatic N) is 2. The normalized spacial score (nSPS) is 16.4. The number of carbonyl (C=O) groups excluding carboxylic acids is 1. The van der Waals surface area contributed by atoms with Gasteiger partial charge >= 0.3 is 0 Å². The number of rotatable bonds is 6. The van der Waals surface area contributed by atoms with Crippen LogP contribution in [0.15, 0.2) is 36.4 Å². The highest BCUT2D eigenvalue weighted by atomic mass is 32.1. The van der Waals surface area contributed by atoms with E-state index >= 15 is 0 Å². The second kappa shape index (κ2) is 8.65. The molecule has 1 amide bonds. The van der Waals surface area contributed by atoms with Crippen molar-refractivity contribution in [2.75, 3.05) is 18.1 Å². The summed E-state index contributed by atoms with van der Waals surface area (Å²) in [5.41, 5.74) is 0.511. The molecule has 0 spiro atoms. The number of halogens is 2. The Kier molecular flexibility index (Phi) is 5.97. The van der Waals surface area contributed by atoms with Crippen LogP contribution in [0, 0.1) is 11.6 Å². The molecule has 1 atom stereocenters. The van der Waals surface area contributed by atoms with Crippen LogP contribution in [-0.4, -0.2) is 36.3 Å². The topological polar surface area (TPSA) is 51.7 Å². The quantitative estimate of drug-likeness (QED) is 0.538. The fourth-order valence-corrected chi connectivity index (χ4v) is 4.42. The van der Waals surface area contributed by atoms with Gasteiger partial charge in [0, 0.05) is 18.2 Å². The maximum atomic E-state index is 14.2. The van der Waals surface area contributed by atoms with E-state index in [1.807, 2.05) is 13.8 Å². The van der Waals surface area contributed by atoms with Crippen molar-refractivity contribution < 1.29 is 23.0 Å². The number of thiazole rings is 1. The van der Waals surface area contributed by atoms with Crippen LogP contribution >= 0.6 is 11.3 Å². The van der Waals surface area contributed by atoms with Gasteiger partial charge in [-0.3, -0.25) is 9.69 Å². The highest BCUT2D eigenvalue weighted by Gasteiger charge is 2.27. The summed E-state index contributed by atoms with van der Waals surface area (Å²) in [6.07, 6.45) is 1.67. The zero-order valence-electron chi connectivity index (χ0n) is 16.7. The summed E-state index contributed by atoms with van der Waals surface area (Å²) in [5, 5.41) is 0.317. The molecule has 1 aromatic heterocycles. The number of anilines is 1. The zero-order valence-corrected chi connectivity index (χ0v) is 17.5. The van der Waals surface area contributed by atoms with Crippen LogP contribution in [-0.2, 0) is 4.74 Å². The van der Waals surface area contributed by atoms with Crippen molar-refractivity contribution in [3.05, 3.63) is 53.6 Å². The number of fused-ring (bicyclic) bond motifs is 1. The van der Waals surface area contributed by atoms with Crippen LogP contribution in [0.2, 0.25) is 0 Å². The second-order valence-corrected chi connectivity index (χ2v) is 8.48. The van der Waals surface area contributed by atoms with Gasteiger partial charge in [0.25, 0.3) is 5.91 Å². The van der Waals surface area contributed by atoms with E-state index in [0.717, 1.165) is 30.2 Å². The first-order chi connectivity index (χ1) is 14.4. The van der Waals surface area contributed by atoms with Crippen LogP contribution in [0.3, 0.4) is 0 Å². The van der Waals surface area contributed by atoms with Gasteiger partial charge in [0.1, 0.15) is 17.1 Å². The molecule has 1 unspecified atom stereocenters. The first-order valence-electron chi connectivity index (χ1n) is 9.86. The van der Waals surface area contributed by atoms with E-state index in [2.05, 4.69) is 4.98 Å². The van der Waals surface area contributed by atoms with E-state index in [1.165, 1.54) is 11.0 Å². The van der Waals surface area contributed by atoms with Gasteiger partial charge in [0.2, 0.25) is 0 Å². The molecule has 1 aliphatic heterocycles. The Hall–Kier alpha value is -2.58. The molecule has 0 radical (unpaired) electrons. The largest absolute Gasteiger partial charge is 0.491 e. The molecule has 30 heavy (non-hydrogen) atoms. The van der Waals surface area contributed by atoms with Gasteiger partial charge < -0.3 is 9.47 Å². The lowest BCUT2D eigenvalue weighted by atomic mass is 10.1. The fraction of sp³-hybridized carbons (Fsp3) is 0.364. The van der Waals surface area contributed by atoms with E-state index in [9.17, 15) is 13.6 Å². The molecule has 8 heteroatoms. The van der Waals surface area contributed by atoms with Crippen molar-refractivity contribution in [2.24, 2.45) is 0 Å². The molecular weight excluding hydrogens is 410 g/mol. The fourth-order valence-electron chi connectivity index (χ4n) is 3.40. The predicted molar refractivity (Wildman–Crippen MR) is 112 cm³/mol. The summed E-state index contributed by atoms with van der Waals surface area (Å²) >= 11 is 1.09. The molecule has 1 aliphatic rings. The third-order valence-electron chi connectivity index (χ3n) is 4.76. The molecule has 2 heterocycles. The lowest BCUT2D eigenvalue weighted by Crippen LogP contribution is -2.37. The Bertz CT molecular complexity index is 1050.